The number of ether oxygens (including phenoxy) is 1. The molecule has 0 aliphatic heterocycles. The first-order valence-corrected chi connectivity index (χ1v) is 6.89. The number of carbonyl (C=O) groups is 1. The van der Waals surface area contributed by atoms with Gasteiger partial charge in [-0.3, -0.25) is 9.78 Å². The number of hydrogen-bond acceptors (Lipinski definition) is 5. The molecule has 0 bridgehead atoms. The molecule has 0 saturated heterocycles. The average Bonchev–Trinajstić information content (AvgIpc) is 2.49. The van der Waals surface area contributed by atoms with Gasteiger partial charge in [-0.15, -0.1) is 0 Å². The Kier molecular flexibility index (Phi) is 5.25. The minimum Gasteiger partial charge on any atom is -0.426 e. The highest BCUT2D eigenvalue weighted by Crippen LogP contribution is 2.30. The van der Waals surface area contributed by atoms with Gasteiger partial charge in [0.1, 0.15) is 12.9 Å². The molecule has 1 aromatic carbocycles. The number of carbonyl (C=O) groups excluding carboxylic acids is 1. The molecule has 0 saturated carbocycles. The van der Waals surface area contributed by atoms with Crippen molar-refractivity contribution in [2.45, 2.75) is 20.3 Å². The largest absolute Gasteiger partial charge is 0.426 e. The smallest absolute Gasteiger partial charge is 0.308 e. The van der Waals surface area contributed by atoms with E-state index in [0.717, 1.165) is 22.5 Å². The molecule has 0 radical (unpaired) electrons. The normalized spacial score (nSPS) is 11.1. The summed E-state index contributed by atoms with van der Waals surface area (Å²) in [6, 6.07) is 11.2. The number of esters is 1. The van der Waals surface area contributed by atoms with Gasteiger partial charge in [0, 0.05) is 25.1 Å². The molecular weight excluding hydrogens is 280 g/mol. The third-order valence-electron chi connectivity index (χ3n) is 2.95. The topological polar surface area (TPSA) is 60.8 Å². The van der Waals surface area contributed by atoms with Crippen molar-refractivity contribution in [1.82, 2.24) is 4.98 Å². The lowest BCUT2D eigenvalue weighted by Gasteiger charge is -2.11. The van der Waals surface area contributed by atoms with E-state index >= 15 is 0 Å². The minimum absolute atomic E-state index is 0.359. The fraction of sp³-hybridized carbons (Fsp3) is 0.235. The fourth-order valence-electron chi connectivity index (χ4n) is 2.14. The highest BCUT2D eigenvalue weighted by Gasteiger charge is 2.11. The van der Waals surface area contributed by atoms with Crippen molar-refractivity contribution in [2.75, 3.05) is 7.11 Å². The van der Waals surface area contributed by atoms with Gasteiger partial charge in [-0.25, -0.2) is 0 Å². The Morgan fingerprint density at radius 2 is 2.05 bits per heavy atom. The van der Waals surface area contributed by atoms with Crippen LogP contribution in [0.2, 0.25) is 0 Å². The summed E-state index contributed by atoms with van der Waals surface area (Å²) in [7, 11) is 1.52. The zero-order chi connectivity index (χ0) is 15.9. The van der Waals surface area contributed by atoms with Crippen LogP contribution in [0.1, 0.15) is 19.4 Å². The highest BCUT2D eigenvalue weighted by molar-refractivity contribution is 5.84. The van der Waals surface area contributed by atoms with Gasteiger partial charge in [-0.1, -0.05) is 17.3 Å². The van der Waals surface area contributed by atoms with Crippen molar-refractivity contribution in [3.63, 3.8) is 0 Å². The lowest BCUT2D eigenvalue weighted by molar-refractivity contribution is -0.131. The molecule has 0 aliphatic rings. The van der Waals surface area contributed by atoms with Crippen molar-refractivity contribution in [3.8, 4) is 17.0 Å². The summed E-state index contributed by atoms with van der Waals surface area (Å²) in [5.41, 5.74) is 3.42. The molecule has 114 valence electrons. The molecule has 0 atom stereocenters. The quantitative estimate of drug-likeness (QED) is 0.368. The summed E-state index contributed by atoms with van der Waals surface area (Å²) in [6.07, 6.45) is 2.35. The van der Waals surface area contributed by atoms with E-state index in [0.29, 0.717) is 12.2 Å². The Morgan fingerprint density at radius 3 is 2.68 bits per heavy atom. The van der Waals surface area contributed by atoms with Gasteiger partial charge >= 0.3 is 5.97 Å². The molecule has 5 nitrogen and oxygen atoms in total. The molecule has 2 rings (SSSR count). The van der Waals surface area contributed by atoms with Gasteiger partial charge < -0.3 is 9.57 Å². The standard InChI is InChI=1S/C17H18N2O3/c1-12(19-21-3)10-14-7-8-17(22-13(2)20)15(11-14)16-6-4-5-9-18-16/h4-9,11H,10H2,1-3H3/b19-12-. The number of oxime groups is 1. The van der Waals surface area contributed by atoms with Crippen molar-refractivity contribution < 1.29 is 14.4 Å². The van der Waals surface area contributed by atoms with Gasteiger partial charge in [0.2, 0.25) is 0 Å². The number of hydrogen-bond donors (Lipinski definition) is 0. The molecule has 0 fully saturated rings. The van der Waals surface area contributed by atoms with E-state index < -0.39 is 0 Å². The Balaban J connectivity index is 2.41. The number of pyridine rings is 1. The SMILES string of the molecule is CO/N=C(/C)Cc1ccc(OC(C)=O)c(-c2ccccn2)c1. The molecular formula is C17H18N2O3. The third kappa shape index (κ3) is 4.15. The Bertz CT molecular complexity index is 682. The van der Waals surface area contributed by atoms with Gasteiger partial charge in [-0.05, 0) is 36.8 Å². The summed E-state index contributed by atoms with van der Waals surface area (Å²) in [5, 5.41) is 3.91. The van der Waals surface area contributed by atoms with Crippen molar-refractivity contribution >= 4 is 11.7 Å². The number of benzene rings is 1. The summed E-state index contributed by atoms with van der Waals surface area (Å²) >= 11 is 0. The lowest BCUT2D eigenvalue weighted by atomic mass is 10.0. The molecule has 0 N–H and O–H groups in total. The second-order valence-electron chi connectivity index (χ2n) is 4.83. The van der Waals surface area contributed by atoms with Crippen molar-refractivity contribution in [1.29, 1.82) is 0 Å². The van der Waals surface area contributed by atoms with Gasteiger partial charge in [0.15, 0.2) is 0 Å². The number of nitrogens with zero attached hydrogens (tertiary/aromatic N) is 2. The predicted octanol–water partition coefficient (Wildman–Crippen LogP) is 3.24. The lowest BCUT2D eigenvalue weighted by Crippen LogP contribution is -2.04. The summed E-state index contributed by atoms with van der Waals surface area (Å²) < 4.78 is 5.27. The average molecular weight is 298 g/mol. The molecule has 0 aliphatic carbocycles. The summed E-state index contributed by atoms with van der Waals surface area (Å²) in [6.45, 7) is 3.27. The predicted molar refractivity (Wildman–Crippen MR) is 84.8 cm³/mol. The van der Waals surface area contributed by atoms with Gasteiger partial charge in [0.25, 0.3) is 0 Å². The third-order valence-corrected chi connectivity index (χ3v) is 2.95. The monoisotopic (exact) mass is 298 g/mol. The molecule has 22 heavy (non-hydrogen) atoms. The van der Waals surface area contributed by atoms with E-state index in [-0.39, 0.29) is 5.97 Å². The second-order valence-corrected chi connectivity index (χ2v) is 4.83. The van der Waals surface area contributed by atoms with E-state index in [1.54, 1.807) is 12.3 Å². The van der Waals surface area contributed by atoms with Gasteiger partial charge in [0.05, 0.1) is 11.4 Å². The molecule has 1 aromatic heterocycles. The Labute approximate surface area is 129 Å². The van der Waals surface area contributed by atoms with Crippen molar-refractivity contribution in [2.24, 2.45) is 5.16 Å². The minimum atomic E-state index is -0.359. The van der Waals surface area contributed by atoms with E-state index in [1.807, 2.05) is 37.3 Å². The summed E-state index contributed by atoms with van der Waals surface area (Å²) in [4.78, 5) is 20.4. The second kappa shape index (κ2) is 7.36. The maximum absolute atomic E-state index is 11.3. The van der Waals surface area contributed by atoms with Crippen LogP contribution in [0.4, 0.5) is 0 Å². The van der Waals surface area contributed by atoms with Crippen LogP contribution >= 0.6 is 0 Å². The van der Waals surface area contributed by atoms with Crippen LogP contribution in [0.15, 0.2) is 47.8 Å². The van der Waals surface area contributed by atoms with Crippen LogP contribution < -0.4 is 4.74 Å². The maximum atomic E-state index is 11.3. The number of aromatic nitrogens is 1. The van der Waals surface area contributed by atoms with Crippen LogP contribution in [0.3, 0.4) is 0 Å². The van der Waals surface area contributed by atoms with E-state index in [9.17, 15) is 4.79 Å². The first kappa shape index (κ1) is 15.7. The molecule has 0 amide bonds. The van der Waals surface area contributed by atoms with Crippen molar-refractivity contribution in [3.05, 3.63) is 48.2 Å². The number of rotatable bonds is 5. The first-order chi connectivity index (χ1) is 10.6. The molecule has 5 heteroatoms. The molecule has 0 spiro atoms. The van der Waals surface area contributed by atoms with E-state index in [1.165, 1.54) is 14.0 Å². The first-order valence-electron chi connectivity index (χ1n) is 6.89. The zero-order valence-corrected chi connectivity index (χ0v) is 12.9. The molecule has 2 aromatic rings. The van der Waals surface area contributed by atoms with E-state index in [4.69, 9.17) is 9.57 Å². The van der Waals surface area contributed by atoms with Gasteiger partial charge in [-0.2, -0.15) is 0 Å². The molecule has 1 heterocycles. The van der Waals surface area contributed by atoms with Crippen LogP contribution in [0.5, 0.6) is 5.75 Å². The fourth-order valence-corrected chi connectivity index (χ4v) is 2.14. The summed E-state index contributed by atoms with van der Waals surface area (Å²) in [5.74, 6) is 0.137. The van der Waals surface area contributed by atoms with E-state index in [2.05, 4.69) is 10.1 Å². The van der Waals surface area contributed by atoms with Crippen LogP contribution in [0, 0.1) is 0 Å². The van der Waals surface area contributed by atoms with Crippen LogP contribution in [0.25, 0.3) is 11.3 Å². The maximum Gasteiger partial charge on any atom is 0.308 e. The zero-order valence-electron chi connectivity index (χ0n) is 12.9. The Hall–Kier alpha value is -2.69. The van der Waals surface area contributed by atoms with Crippen LogP contribution in [-0.4, -0.2) is 23.8 Å². The Morgan fingerprint density at radius 1 is 1.23 bits per heavy atom. The molecule has 0 unspecified atom stereocenters. The highest BCUT2D eigenvalue weighted by atomic mass is 16.6. The van der Waals surface area contributed by atoms with Crippen LogP contribution in [-0.2, 0) is 16.1 Å².